The predicted molar refractivity (Wildman–Crippen MR) is 108 cm³/mol. The molecule has 1 aromatic heterocycles. The second kappa shape index (κ2) is 8.68. The lowest BCUT2D eigenvalue weighted by Crippen LogP contribution is -2.24. The van der Waals surface area contributed by atoms with Crippen LogP contribution >= 0.6 is 0 Å². The van der Waals surface area contributed by atoms with Crippen LogP contribution in [0.25, 0.3) is 5.69 Å². The molecular weight excluding hydrogens is 390 g/mol. The standard InChI is InChI=1S/C20H19N5O3S/c1-15-14-19(25(24-15)17-6-3-2-4-7-17)23-20(26)16-8-10-18(11-9-16)29(27,28)22-13-5-12-21/h2-4,6-11,14,22H,5,13H2,1H3,(H,23,26). The summed E-state index contributed by atoms with van der Waals surface area (Å²) >= 11 is 0. The Balaban J connectivity index is 1.77. The Bertz CT molecular complexity index is 1150. The van der Waals surface area contributed by atoms with Gasteiger partial charge in [-0.3, -0.25) is 4.79 Å². The van der Waals surface area contributed by atoms with Gasteiger partial charge in [-0.25, -0.2) is 17.8 Å². The molecule has 1 amide bonds. The van der Waals surface area contributed by atoms with E-state index in [0.717, 1.165) is 11.4 Å². The largest absolute Gasteiger partial charge is 0.306 e. The lowest BCUT2D eigenvalue weighted by Gasteiger charge is -2.10. The van der Waals surface area contributed by atoms with Gasteiger partial charge in [-0.1, -0.05) is 18.2 Å². The van der Waals surface area contributed by atoms with Crippen molar-refractivity contribution in [2.45, 2.75) is 18.2 Å². The van der Waals surface area contributed by atoms with E-state index < -0.39 is 10.0 Å². The van der Waals surface area contributed by atoms with Gasteiger partial charge in [0.1, 0.15) is 5.82 Å². The smallest absolute Gasteiger partial charge is 0.256 e. The van der Waals surface area contributed by atoms with Crippen LogP contribution in [0.1, 0.15) is 22.5 Å². The average Bonchev–Trinajstić information content (AvgIpc) is 3.09. The number of anilines is 1. The summed E-state index contributed by atoms with van der Waals surface area (Å²) in [5.74, 6) is 0.122. The number of nitrogens with zero attached hydrogens (tertiary/aromatic N) is 3. The van der Waals surface area contributed by atoms with Gasteiger partial charge in [0.25, 0.3) is 5.91 Å². The molecule has 9 heteroatoms. The Labute approximate surface area is 168 Å². The number of carbonyl (C=O) groups is 1. The maximum absolute atomic E-state index is 12.6. The molecule has 0 saturated heterocycles. The molecule has 148 valence electrons. The van der Waals surface area contributed by atoms with Crippen LogP contribution in [0.4, 0.5) is 5.82 Å². The topological polar surface area (TPSA) is 117 Å². The van der Waals surface area contributed by atoms with Crippen LogP contribution in [0.15, 0.2) is 65.6 Å². The van der Waals surface area contributed by atoms with Crippen molar-refractivity contribution in [3.8, 4) is 11.8 Å². The normalized spacial score (nSPS) is 11.0. The molecule has 0 radical (unpaired) electrons. The van der Waals surface area contributed by atoms with E-state index in [9.17, 15) is 13.2 Å². The van der Waals surface area contributed by atoms with Crippen LogP contribution in [-0.2, 0) is 10.0 Å². The number of hydrogen-bond acceptors (Lipinski definition) is 5. The first-order valence-electron chi connectivity index (χ1n) is 8.81. The number of sulfonamides is 1. The molecule has 0 aliphatic heterocycles. The molecule has 29 heavy (non-hydrogen) atoms. The zero-order valence-corrected chi connectivity index (χ0v) is 16.5. The molecular formula is C20H19N5O3S. The van der Waals surface area contributed by atoms with Gasteiger partial charge in [0.05, 0.1) is 22.3 Å². The van der Waals surface area contributed by atoms with E-state index in [1.807, 2.05) is 43.3 Å². The van der Waals surface area contributed by atoms with Gasteiger partial charge >= 0.3 is 0 Å². The van der Waals surface area contributed by atoms with Crippen molar-refractivity contribution in [1.82, 2.24) is 14.5 Å². The maximum atomic E-state index is 12.6. The monoisotopic (exact) mass is 409 g/mol. The van der Waals surface area contributed by atoms with Gasteiger partial charge < -0.3 is 5.32 Å². The fourth-order valence-electron chi connectivity index (χ4n) is 2.65. The quantitative estimate of drug-likeness (QED) is 0.582. The molecule has 0 aliphatic carbocycles. The third-order valence-corrected chi connectivity index (χ3v) is 5.51. The Morgan fingerprint density at radius 1 is 1.14 bits per heavy atom. The number of nitriles is 1. The summed E-state index contributed by atoms with van der Waals surface area (Å²) in [6, 6.07) is 18.6. The van der Waals surface area contributed by atoms with Crippen molar-refractivity contribution in [2.24, 2.45) is 0 Å². The minimum Gasteiger partial charge on any atom is -0.306 e. The highest BCUT2D eigenvalue weighted by atomic mass is 32.2. The van der Waals surface area contributed by atoms with E-state index in [4.69, 9.17) is 5.26 Å². The number of amides is 1. The third-order valence-electron chi connectivity index (χ3n) is 4.03. The number of benzene rings is 2. The van der Waals surface area contributed by atoms with Crippen LogP contribution in [0.2, 0.25) is 0 Å². The van der Waals surface area contributed by atoms with Crippen LogP contribution in [0, 0.1) is 18.3 Å². The molecule has 0 fully saturated rings. The zero-order valence-electron chi connectivity index (χ0n) is 15.7. The van der Waals surface area contributed by atoms with Gasteiger partial charge in [0.2, 0.25) is 10.0 Å². The van der Waals surface area contributed by atoms with Crippen LogP contribution in [0.5, 0.6) is 0 Å². The summed E-state index contributed by atoms with van der Waals surface area (Å²) < 4.78 is 28.3. The highest BCUT2D eigenvalue weighted by Crippen LogP contribution is 2.18. The minimum atomic E-state index is -3.72. The Kier molecular flexibility index (Phi) is 6.07. The van der Waals surface area contributed by atoms with Crippen molar-refractivity contribution >= 4 is 21.7 Å². The summed E-state index contributed by atoms with van der Waals surface area (Å²) in [7, 11) is -3.72. The molecule has 0 unspecified atom stereocenters. The molecule has 0 saturated carbocycles. The lowest BCUT2D eigenvalue weighted by atomic mass is 10.2. The van der Waals surface area contributed by atoms with Gasteiger partial charge in [0, 0.05) is 24.6 Å². The molecule has 0 spiro atoms. The summed E-state index contributed by atoms with van der Waals surface area (Å²) in [5, 5.41) is 15.7. The molecule has 2 N–H and O–H groups in total. The first-order chi connectivity index (χ1) is 13.9. The van der Waals surface area contributed by atoms with Gasteiger partial charge in [0.15, 0.2) is 0 Å². The van der Waals surface area contributed by atoms with Crippen molar-refractivity contribution in [3.05, 3.63) is 71.9 Å². The summed E-state index contributed by atoms with van der Waals surface area (Å²) in [6.45, 7) is 1.86. The first kappa shape index (κ1) is 20.3. The van der Waals surface area contributed by atoms with Crippen LogP contribution in [0.3, 0.4) is 0 Å². The number of para-hydroxylation sites is 1. The van der Waals surface area contributed by atoms with E-state index in [2.05, 4.69) is 15.1 Å². The molecule has 2 aromatic carbocycles. The first-order valence-corrected chi connectivity index (χ1v) is 10.3. The van der Waals surface area contributed by atoms with Crippen LogP contribution in [-0.4, -0.2) is 30.7 Å². The highest BCUT2D eigenvalue weighted by molar-refractivity contribution is 7.89. The predicted octanol–water partition coefficient (Wildman–Crippen LogP) is 2.63. The number of nitrogens with one attached hydrogen (secondary N) is 2. The summed E-state index contributed by atoms with van der Waals surface area (Å²) in [6.07, 6.45) is 0.0776. The SMILES string of the molecule is Cc1cc(NC(=O)c2ccc(S(=O)(=O)NCCC#N)cc2)n(-c2ccccc2)n1. The molecule has 0 atom stereocenters. The van der Waals surface area contributed by atoms with Gasteiger partial charge in [-0.15, -0.1) is 0 Å². The fourth-order valence-corrected chi connectivity index (χ4v) is 3.68. The molecule has 3 aromatic rings. The Hall–Kier alpha value is -3.48. The average molecular weight is 409 g/mol. The van der Waals surface area contributed by atoms with Crippen molar-refractivity contribution in [2.75, 3.05) is 11.9 Å². The molecule has 0 aliphatic rings. The van der Waals surface area contributed by atoms with E-state index in [-0.39, 0.29) is 23.8 Å². The summed E-state index contributed by atoms with van der Waals surface area (Å²) in [5.41, 5.74) is 1.86. The second-order valence-corrected chi connectivity index (χ2v) is 7.97. The number of rotatable bonds is 7. The van der Waals surface area contributed by atoms with Gasteiger partial charge in [-0.2, -0.15) is 10.4 Å². The number of hydrogen-bond donors (Lipinski definition) is 2. The van der Waals surface area contributed by atoms with Gasteiger partial charge in [-0.05, 0) is 43.3 Å². The van der Waals surface area contributed by atoms with Crippen LogP contribution < -0.4 is 10.0 Å². The molecule has 3 rings (SSSR count). The maximum Gasteiger partial charge on any atom is 0.256 e. The van der Waals surface area contributed by atoms with E-state index in [1.165, 1.54) is 24.3 Å². The Morgan fingerprint density at radius 2 is 1.83 bits per heavy atom. The Morgan fingerprint density at radius 3 is 2.48 bits per heavy atom. The minimum absolute atomic E-state index is 0.0251. The van der Waals surface area contributed by atoms with Crippen molar-refractivity contribution in [3.63, 3.8) is 0 Å². The third kappa shape index (κ3) is 4.87. The zero-order chi connectivity index (χ0) is 20.9. The fraction of sp³-hybridized carbons (Fsp3) is 0.150. The number of aromatic nitrogens is 2. The number of aryl methyl sites for hydroxylation is 1. The van der Waals surface area contributed by atoms with Crippen molar-refractivity contribution in [1.29, 1.82) is 5.26 Å². The van der Waals surface area contributed by atoms with E-state index in [1.54, 1.807) is 10.7 Å². The molecule has 1 heterocycles. The van der Waals surface area contributed by atoms with Crippen molar-refractivity contribution < 1.29 is 13.2 Å². The summed E-state index contributed by atoms with van der Waals surface area (Å²) in [4.78, 5) is 12.7. The number of carbonyl (C=O) groups excluding carboxylic acids is 1. The van der Waals surface area contributed by atoms with E-state index in [0.29, 0.717) is 11.4 Å². The molecule has 8 nitrogen and oxygen atoms in total. The highest BCUT2D eigenvalue weighted by Gasteiger charge is 2.16. The second-order valence-electron chi connectivity index (χ2n) is 6.20. The van der Waals surface area contributed by atoms with E-state index >= 15 is 0 Å². The molecule has 0 bridgehead atoms. The lowest BCUT2D eigenvalue weighted by molar-refractivity contribution is 0.102.